The van der Waals surface area contributed by atoms with Gasteiger partial charge in [-0.1, -0.05) is 204 Å². The van der Waals surface area contributed by atoms with Gasteiger partial charge in [0.15, 0.2) is 0 Å². The quantitative estimate of drug-likeness (QED) is 0.0322. The zero-order chi connectivity index (χ0) is 43.7. The molecule has 0 aromatic rings. The van der Waals surface area contributed by atoms with E-state index in [0.29, 0.717) is 19.4 Å². The molecule has 60 heavy (non-hydrogen) atoms. The molecule has 0 aliphatic heterocycles. The molecule has 0 bridgehead atoms. The van der Waals surface area contributed by atoms with Crippen LogP contribution in [0.4, 0.5) is 0 Å². The lowest BCUT2D eigenvalue weighted by Gasteiger charge is -2.20. The number of hydrogen-bond acceptors (Lipinski definition) is 5. The molecule has 0 fully saturated rings. The fraction of sp³-hybridized carbons (Fsp3) is 0.815. The molecule has 0 saturated carbocycles. The molecule has 0 aliphatic rings. The molecule has 0 aromatic heterocycles. The zero-order valence-electron chi connectivity index (χ0n) is 39.7. The van der Waals surface area contributed by atoms with Crippen molar-refractivity contribution in [2.24, 2.45) is 0 Å². The molecule has 0 spiro atoms. The first-order chi connectivity index (χ1) is 29.5. The minimum Gasteiger partial charge on any atom is -0.466 e. The highest BCUT2D eigenvalue weighted by Gasteiger charge is 2.18. The Balaban J connectivity index is 3.55. The molecule has 350 valence electrons. The summed E-state index contributed by atoms with van der Waals surface area (Å²) in [5.74, 6) is -0.140. The monoisotopic (exact) mass is 842 g/mol. The molecule has 6 nitrogen and oxygen atoms in total. The molecule has 0 saturated heterocycles. The number of nitrogens with one attached hydrogen (secondary N) is 1. The molecule has 2 atom stereocenters. The van der Waals surface area contributed by atoms with Crippen LogP contribution in [0, 0.1) is 0 Å². The molecular weight excluding hydrogens is 743 g/mol. The van der Waals surface area contributed by atoms with E-state index in [1.807, 2.05) is 6.08 Å². The van der Waals surface area contributed by atoms with Crippen molar-refractivity contribution >= 4 is 11.9 Å². The van der Waals surface area contributed by atoms with E-state index in [1.54, 1.807) is 6.08 Å². The summed E-state index contributed by atoms with van der Waals surface area (Å²) in [6.45, 7) is 4.79. The van der Waals surface area contributed by atoms with Crippen LogP contribution in [-0.4, -0.2) is 47.4 Å². The third-order valence-corrected chi connectivity index (χ3v) is 11.6. The Labute approximate surface area is 372 Å². The molecule has 0 rings (SSSR count). The van der Waals surface area contributed by atoms with Gasteiger partial charge in [0.2, 0.25) is 5.91 Å². The topological polar surface area (TPSA) is 95.9 Å². The number of aliphatic hydroxyl groups is 2. The largest absolute Gasteiger partial charge is 0.466 e. The van der Waals surface area contributed by atoms with Gasteiger partial charge in [-0.2, -0.15) is 0 Å². The van der Waals surface area contributed by atoms with E-state index in [0.717, 1.165) is 89.9 Å². The van der Waals surface area contributed by atoms with Crippen molar-refractivity contribution in [1.82, 2.24) is 5.32 Å². The predicted octanol–water partition coefficient (Wildman–Crippen LogP) is 15.5. The van der Waals surface area contributed by atoms with Crippen LogP contribution in [0.15, 0.2) is 48.6 Å². The van der Waals surface area contributed by atoms with Gasteiger partial charge in [-0.3, -0.25) is 9.59 Å². The number of carbonyl (C=O) groups is 2. The van der Waals surface area contributed by atoms with Crippen LogP contribution in [-0.2, 0) is 14.3 Å². The zero-order valence-corrected chi connectivity index (χ0v) is 39.7. The number of allylic oxidation sites excluding steroid dienone is 7. The van der Waals surface area contributed by atoms with Crippen LogP contribution < -0.4 is 5.32 Å². The number of esters is 1. The van der Waals surface area contributed by atoms with Crippen LogP contribution in [0.5, 0.6) is 0 Å². The van der Waals surface area contributed by atoms with Gasteiger partial charge >= 0.3 is 5.97 Å². The van der Waals surface area contributed by atoms with Gasteiger partial charge in [0.1, 0.15) is 0 Å². The summed E-state index contributed by atoms with van der Waals surface area (Å²) in [7, 11) is 0. The van der Waals surface area contributed by atoms with Crippen molar-refractivity contribution in [3.63, 3.8) is 0 Å². The standard InChI is InChI=1S/C54H99NO5/c1-3-5-7-9-11-13-15-17-19-20-21-22-24-28-32-36-40-44-48-54(59)60-49-45-41-37-33-29-25-27-31-35-39-43-47-53(58)55-51(50-56)52(57)46-42-38-34-30-26-23-18-16-14-12-10-8-6-4-2/h13,15,19-20,29,33,42,46,51-52,56-57H,3-12,14,16-18,21-28,30-32,34-41,43-45,47-50H2,1-2H3,(H,55,58)/b15-13-,20-19-,33-29-,46-42+. The van der Waals surface area contributed by atoms with Crippen LogP contribution in [0.2, 0.25) is 0 Å². The van der Waals surface area contributed by atoms with Gasteiger partial charge in [0, 0.05) is 12.8 Å². The van der Waals surface area contributed by atoms with E-state index in [4.69, 9.17) is 4.74 Å². The minimum absolute atomic E-state index is 0.0412. The Hall–Kier alpha value is -2.18. The van der Waals surface area contributed by atoms with E-state index in [1.165, 1.54) is 141 Å². The summed E-state index contributed by atoms with van der Waals surface area (Å²) in [5, 5.41) is 23.0. The molecular formula is C54H99NO5. The number of amides is 1. The molecule has 1 amide bonds. The van der Waals surface area contributed by atoms with Crippen molar-refractivity contribution in [1.29, 1.82) is 0 Å². The SMILES string of the molecule is CCCCCC/C=C\C/C=C\CCCCCCCCCC(=O)OCCCC/C=C\CCCCCCCC(=O)NC(CO)C(O)/C=C/CCCCCCCCCCCCCC. The van der Waals surface area contributed by atoms with Gasteiger partial charge in [0.05, 0.1) is 25.4 Å². The average Bonchev–Trinajstić information content (AvgIpc) is 3.25. The Kier molecular flexibility index (Phi) is 47.7. The van der Waals surface area contributed by atoms with Gasteiger partial charge in [0.25, 0.3) is 0 Å². The van der Waals surface area contributed by atoms with Crippen molar-refractivity contribution in [2.75, 3.05) is 13.2 Å². The number of ether oxygens (including phenoxy) is 1. The number of aliphatic hydroxyl groups excluding tert-OH is 2. The lowest BCUT2D eigenvalue weighted by atomic mass is 10.0. The van der Waals surface area contributed by atoms with Crippen LogP contribution >= 0.6 is 0 Å². The van der Waals surface area contributed by atoms with Crippen LogP contribution in [0.1, 0.15) is 258 Å². The van der Waals surface area contributed by atoms with E-state index in [9.17, 15) is 19.8 Å². The maximum Gasteiger partial charge on any atom is 0.305 e. The predicted molar refractivity (Wildman–Crippen MR) is 259 cm³/mol. The lowest BCUT2D eigenvalue weighted by Crippen LogP contribution is -2.45. The van der Waals surface area contributed by atoms with E-state index in [2.05, 4.69) is 55.6 Å². The highest BCUT2D eigenvalue weighted by Crippen LogP contribution is 2.14. The second-order valence-corrected chi connectivity index (χ2v) is 17.5. The summed E-state index contributed by atoms with van der Waals surface area (Å²) in [6, 6.07) is -0.650. The smallest absolute Gasteiger partial charge is 0.305 e. The normalized spacial score (nSPS) is 13.1. The fourth-order valence-electron chi connectivity index (χ4n) is 7.54. The number of carbonyl (C=O) groups excluding carboxylic acids is 2. The van der Waals surface area contributed by atoms with Crippen molar-refractivity contribution in [3.8, 4) is 0 Å². The summed E-state index contributed by atoms with van der Waals surface area (Å²) in [4.78, 5) is 24.5. The third kappa shape index (κ3) is 45.3. The Morgan fingerprint density at radius 2 is 0.833 bits per heavy atom. The number of unbranched alkanes of at least 4 members (excludes halogenated alkanes) is 30. The second kappa shape index (κ2) is 49.5. The molecule has 0 aliphatic carbocycles. The highest BCUT2D eigenvalue weighted by molar-refractivity contribution is 5.76. The van der Waals surface area contributed by atoms with Gasteiger partial charge in [-0.25, -0.2) is 0 Å². The Morgan fingerprint density at radius 1 is 0.467 bits per heavy atom. The number of hydrogen-bond donors (Lipinski definition) is 3. The van der Waals surface area contributed by atoms with E-state index >= 15 is 0 Å². The van der Waals surface area contributed by atoms with Gasteiger partial charge in [-0.15, -0.1) is 0 Å². The van der Waals surface area contributed by atoms with Gasteiger partial charge < -0.3 is 20.3 Å². The van der Waals surface area contributed by atoms with E-state index < -0.39 is 12.1 Å². The summed E-state index contributed by atoms with van der Waals surface area (Å²) in [6.07, 6.45) is 61.1. The van der Waals surface area contributed by atoms with Crippen LogP contribution in [0.3, 0.4) is 0 Å². The molecule has 0 aromatic carbocycles. The molecule has 6 heteroatoms. The maximum absolute atomic E-state index is 12.4. The Bertz CT molecular complexity index is 1020. The van der Waals surface area contributed by atoms with Crippen molar-refractivity contribution in [2.45, 2.75) is 270 Å². The molecule has 0 heterocycles. The second-order valence-electron chi connectivity index (χ2n) is 17.5. The Morgan fingerprint density at radius 3 is 1.30 bits per heavy atom. The third-order valence-electron chi connectivity index (χ3n) is 11.6. The summed E-state index contributed by atoms with van der Waals surface area (Å²) < 4.78 is 5.44. The minimum atomic E-state index is -0.863. The lowest BCUT2D eigenvalue weighted by molar-refractivity contribution is -0.143. The first-order valence-electron chi connectivity index (χ1n) is 25.9. The van der Waals surface area contributed by atoms with E-state index in [-0.39, 0.29) is 18.5 Å². The molecule has 3 N–H and O–H groups in total. The van der Waals surface area contributed by atoms with Crippen LogP contribution in [0.25, 0.3) is 0 Å². The molecule has 0 radical (unpaired) electrons. The first-order valence-corrected chi connectivity index (χ1v) is 25.9. The average molecular weight is 842 g/mol. The fourth-order valence-corrected chi connectivity index (χ4v) is 7.54. The van der Waals surface area contributed by atoms with Gasteiger partial charge in [-0.05, 0) is 89.9 Å². The highest BCUT2D eigenvalue weighted by atomic mass is 16.5. The summed E-state index contributed by atoms with van der Waals surface area (Å²) in [5.41, 5.74) is 0. The van der Waals surface area contributed by atoms with Crippen molar-refractivity contribution < 1.29 is 24.5 Å². The maximum atomic E-state index is 12.4. The summed E-state index contributed by atoms with van der Waals surface area (Å²) >= 11 is 0. The van der Waals surface area contributed by atoms with Crippen molar-refractivity contribution in [3.05, 3.63) is 48.6 Å². The number of rotatable bonds is 47. The first kappa shape index (κ1) is 57.8. The molecule has 2 unspecified atom stereocenters.